The van der Waals surface area contributed by atoms with Crippen LogP contribution in [0.15, 0.2) is 0 Å². The van der Waals surface area contributed by atoms with E-state index in [1.54, 1.807) is 0 Å². The first-order valence-electron chi connectivity index (χ1n) is 23.5. The standard InChI is InChI=1S/C11H34O4Si5.2C9H28O3Si4.C7H22O2Si3/c1-16(12-17(2,3)4)13-19(8,9)15-20(10,11)14-18(5,6)7;2*1-13(10-14(2,3)4)11-16(8,9)12-15(5,6)7;1-10(8-11(2,3)4)9-12(5,6)7/h16H,1-11H3;2*13H,1-9H3;10H,1-7H3. The minimum Gasteiger partial charge on any atom is -0.439 e. The van der Waals surface area contributed by atoms with E-state index >= 15 is 0 Å². The molecule has 0 aliphatic carbocycles. The lowest BCUT2D eigenvalue weighted by molar-refractivity contribution is 0.312. The lowest BCUT2D eigenvalue weighted by Gasteiger charge is -2.38. The van der Waals surface area contributed by atoms with Crippen LogP contribution in [0, 0.1) is 0 Å². The average molecular weight is 1190 g/mol. The molecule has 0 aliphatic heterocycles. The highest BCUT2D eigenvalue weighted by Gasteiger charge is 2.41. The van der Waals surface area contributed by atoms with E-state index in [0.717, 1.165) is 0 Å². The number of hydrogen-bond acceptors (Lipinski definition) is 12. The van der Waals surface area contributed by atoms with E-state index in [2.05, 4.69) is 236 Å². The molecule has 3 unspecified atom stereocenters. The van der Waals surface area contributed by atoms with Crippen molar-refractivity contribution < 1.29 is 49.4 Å². The van der Waals surface area contributed by atoms with Gasteiger partial charge in [-0.3, -0.25) is 0 Å². The predicted molar refractivity (Wildman–Crippen MR) is 322 cm³/mol. The molecule has 0 aromatic carbocycles. The Bertz CT molecular complexity index is 1200. The Morgan fingerprint density at radius 2 is 0.312 bits per heavy atom. The molecule has 0 amide bonds. The van der Waals surface area contributed by atoms with Crippen LogP contribution >= 0.6 is 0 Å². The van der Waals surface area contributed by atoms with Gasteiger partial charge in [0.2, 0.25) is 0 Å². The summed E-state index contributed by atoms with van der Waals surface area (Å²) in [6.07, 6.45) is 0. The predicted octanol–water partition coefficient (Wildman–Crippen LogP) is 13.0. The molecule has 3 atom stereocenters. The van der Waals surface area contributed by atoms with Crippen LogP contribution in [0.5, 0.6) is 0 Å². The van der Waals surface area contributed by atoms with E-state index in [0.29, 0.717) is 0 Å². The second-order valence-electron chi connectivity index (χ2n) is 26.1. The van der Waals surface area contributed by atoms with Gasteiger partial charge in [-0.25, -0.2) is 0 Å². The summed E-state index contributed by atoms with van der Waals surface area (Å²) in [6.45, 7) is 78.3. The van der Waals surface area contributed by atoms with Gasteiger partial charge in [-0.15, -0.1) is 0 Å². The van der Waals surface area contributed by atoms with Crippen molar-refractivity contribution in [1.29, 1.82) is 0 Å². The van der Waals surface area contributed by atoms with Gasteiger partial charge in [0.15, 0.2) is 66.5 Å². The molecule has 0 N–H and O–H groups in total. The van der Waals surface area contributed by atoms with Gasteiger partial charge < -0.3 is 49.4 Å². The minimum absolute atomic E-state index is 1.33. The first-order valence-corrected chi connectivity index (χ1v) is 70.4. The topological polar surface area (TPSA) is 111 Å². The van der Waals surface area contributed by atoms with Gasteiger partial charge in [-0.1, -0.05) is 0 Å². The number of hydrogen-bond donors (Lipinski definition) is 0. The molecule has 0 saturated heterocycles. The van der Waals surface area contributed by atoms with Crippen LogP contribution in [0.2, 0.25) is 236 Å². The van der Waals surface area contributed by atoms with Gasteiger partial charge in [0.05, 0.1) is 0 Å². The van der Waals surface area contributed by atoms with Gasteiger partial charge in [0.1, 0.15) is 0 Å². The molecule has 0 spiro atoms. The van der Waals surface area contributed by atoms with Gasteiger partial charge in [0, 0.05) is 0 Å². The molecular formula is C36H112O12Si16. The molecule has 0 saturated carbocycles. The Balaban J connectivity index is -0.000000381. The van der Waals surface area contributed by atoms with Gasteiger partial charge >= 0.3 is 34.2 Å². The summed E-state index contributed by atoms with van der Waals surface area (Å²) in [7, 11) is -26.0. The fraction of sp³-hybridized carbons (Fsp3) is 1.00. The minimum atomic E-state index is -2.18. The highest BCUT2D eigenvalue weighted by atomic mass is 28.5. The van der Waals surface area contributed by atoms with Crippen LogP contribution in [0.3, 0.4) is 0 Å². The summed E-state index contributed by atoms with van der Waals surface area (Å²) in [5.74, 6) is 0. The molecule has 0 bridgehead atoms. The van der Waals surface area contributed by atoms with Crippen molar-refractivity contribution in [3.05, 3.63) is 0 Å². The van der Waals surface area contributed by atoms with Crippen molar-refractivity contribution in [1.82, 2.24) is 0 Å². The number of rotatable bonds is 24. The SMILES string of the molecule is C[SiH](O[Si](C)(C)C)O[Si](C)(C)C.C[SiH](O[Si](C)(C)C)O[Si](C)(C)O[Si](C)(C)C.C[SiH](O[Si](C)(C)C)O[Si](C)(C)O[Si](C)(C)C.C[SiH](O[Si](C)(C)C)O[Si](C)(C)O[Si](C)(C)O[Si](C)(C)C. The molecule has 392 valence electrons. The second-order valence-corrected chi connectivity index (χ2v) is 86.5. The molecule has 0 aliphatic rings. The van der Waals surface area contributed by atoms with E-state index in [4.69, 9.17) is 49.4 Å². The highest BCUT2D eigenvalue weighted by Crippen LogP contribution is 2.23. The molecule has 0 aromatic heterocycles. The van der Waals surface area contributed by atoms with Gasteiger partial charge in [0.25, 0.3) is 37.1 Å². The monoisotopic (exact) mass is 1180 g/mol. The van der Waals surface area contributed by atoms with Crippen molar-refractivity contribution in [2.75, 3.05) is 0 Å². The summed E-state index contributed by atoms with van der Waals surface area (Å²) in [4.78, 5) is 0. The Morgan fingerprint density at radius 3 is 0.469 bits per heavy atom. The zero-order valence-corrected chi connectivity index (χ0v) is 65.8. The summed E-state index contributed by atoms with van der Waals surface area (Å²) in [5, 5.41) is 0. The summed E-state index contributed by atoms with van der Waals surface area (Å²) < 4.78 is 73.1. The zero-order chi connectivity index (χ0) is 52.8. The molecule has 0 heterocycles. The van der Waals surface area contributed by atoms with Crippen LogP contribution in [-0.2, 0) is 49.4 Å². The molecular weight excluding hydrogens is 1070 g/mol. The van der Waals surface area contributed by atoms with Crippen molar-refractivity contribution >= 4 is 138 Å². The van der Waals surface area contributed by atoms with Crippen molar-refractivity contribution in [3.8, 4) is 0 Å². The third kappa shape index (κ3) is 59.3. The van der Waals surface area contributed by atoms with Crippen molar-refractivity contribution in [2.45, 2.75) is 236 Å². The fourth-order valence-corrected chi connectivity index (χ4v) is 63.5. The van der Waals surface area contributed by atoms with Crippen molar-refractivity contribution in [3.63, 3.8) is 0 Å². The summed E-state index contributed by atoms with van der Waals surface area (Å²) in [6, 6.07) is 0. The summed E-state index contributed by atoms with van der Waals surface area (Å²) >= 11 is 0. The Morgan fingerprint density at radius 1 is 0.172 bits per heavy atom. The lowest BCUT2D eigenvalue weighted by Crippen LogP contribution is -2.54. The lowest BCUT2D eigenvalue weighted by atomic mass is 11.8. The van der Waals surface area contributed by atoms with E-state index in [-0.39, 0.29) is 0 Å². The molecule has 28 heteroatoms. The smallest absolute Gasteiger partial charge is 0.313 e. The zero-order valence-electron chi connectivity index (χ0n) is 49.2. The third-order valence-corrected chi connectivity index (χ3v) is 54.8. The van der Waals surface area contributed by atoms with E-state index in [1.807, 2.05) is 0 Å². The highest BCUT2D eigenvalue weighted by molar-refractivity contribution is 6.88. The van der Waals surface area contributed by atoms with Crippen LogP contribution in [0.4, 0.5) is 0 Å². The Hall–Kier alpha value is 2.99. The van der Waals surface area contributed by atoms with E-state index in [1.165, 1.54) is 0 Å². The average Bonchev–Trinajstić information content (AvgIpc) is 2.76. The molecule has 0 radical (unpaired) electrons. The quantitative estimate of drug-likeness (QED) is 0.0858. The molecule has 0 aromatic rings. The van der Waals surface area contributed by atoms with E-state index < -0.39 is 138 Å². The Labute approximate surface area is 419 Å². The van der Waals surface area contributed by atoms with E-state index in [9.17, 15) is 0 Å². The largest absolute Gasteiger partial charge is 0.439 e. The van der Waals surface area contributed by atoms with Crippen LogP contribution in [0.25, 0.3) is 0 Å². The summed E-state index contributed by atoms with van der Waals surface area (Å²) in [5.41, 5.74) is 0. The maximum Gasteiger partial charge on any atom is 0.313 e. The van der Waals surface area contributed by atoms with Crippen molar-refractivity contribution in [2.24, 2.45) is 0 Å². The van der Waals surface area contributed by atoms with Crippen LogP contribution in [-0.4, -0.2) is 138 Å². The maximum atomic E-state index is 6.32. The van der Waals surface area contributed by atoms with Gasteiger partial charge in [-0.2, -0.15) is 0 Å². The first-order chi connectivity index (χ1) is 27.2. The molecule has 64 heavy (non-hydrogen) atoms. The molecule has 0 fully saturated rings. The third-order valence-electron chi connectivity index (χ3n) is 6.09. The molecule has 0 rings (SSSR count). The second kappa shape index (κ2) is 28.4. The van der Waals surface area contributed by atoms with Gasteiger partial charge in [-0.05, 0) is 236 Å². The normalized spacial score (nSPS) is 15.9. The first kappa shape index (κ1) is 73.5. The Kier molecular flexibility index (Phi) is 32.7. The maximum absolute atomic E-state index is 6.32. The fourth-order valence-electron chi connectivity index (χ4n) is 6.68. The van der Waals surface area contributed by atoms with Crippen LogP contribution in [0.1, 0.15) is 0 Å². The molecule has 12 nitrogen and oxygen atoms in total. The van der Waals surface area contributed by atoms with Crippen LogP contribution < -0.4 is 0 Å².